The van der Waals surface area contributed by atoms with Gasteiger partial charge in [0.25, 0.3) is 0 Å². The number of amides is 2. The molecule has 0 saturated carbocycles. The van der Waals surface area contributed by atoms with Gasteiger partial charge in [0.1, 0.15) is 12.1 Å². The standard InChI is InChI=1S/C16H21F3N2O8/c1-2-29-12(23)6-4-3-5-9(13(24)25)20-11(22)8-7-10(14(26)27)21-15(28)16(17,18)19/h3-4,9-10H,2,5-8H2,1H3,(H,20,22)(H,21,28)(H,24,25)(H,26,27)/t9?,10-/m1/s1. The van der Waals surface area contributed by atoms with Gasteiger partial charge < -0.3 is 25.6 Å². The van der Waals surface area contributed by atoms with Crippen molar-refractivity contribution in [2.75, 3.05) is 6.61 Å². The van der Waals surface area contributed by atoms with E-state index < -0.39 is 60.8 Å². The fourth-order valence-corrected chi connectivity index (χ4v) is 1.89. The third-order valence-corrected chi connectivity index (χ3v) is 3.28. The molecule has 0 radical (unpaired) electrons. The van der Waals surface area contributed by atoms with Gasteiger partial charge in [-0.1, -0.05) is 12.2 Å². The summed E-state index contributed by atoms with van der Waals surface area (Å²) in [5.41, 5.74) is 0. The average molecular weight is 426 g/mol. The smallest absolute Gasteiger partial charge is 0.471 e. The molecule has 0 aliphatic rings. The zero-order valence-corrected chi connectivity index (χ0v) is 15.3. The zero-order valence-electron chi connectivity index (χ0n) is 15.3. The number of halogens is 3. The average Bonchev–Trinajstić information content (AvgIpc) is 2.59. The summed E-state index contributed by atoms with van der Waals surface area (Å²) >= 11 is 0. The van der Waals surface area contributed by atoms with E-state index in [9.17, 15) is 37.1 Å². The monoisotopic (exact) mass is 426 g/mol. The topological polar surface area (TPSA) is 159 Å². The number of hydrogen-bond donors (Lipinski definition) is 4. The maximum Gasteiger partial charge on any atom is 0.471 e. The molecule has 0 aromatic rings. The van der Waals surface area contributed by atoms with Gasteiger partial charge in [0.05, 0.1) is 13.0 Å². The van der Waals surface area contributed by atoms with Crippen molar-refractivity contribution < 1.29 is 52.1 Å². The van der Waals surface area contributed by atoms with Gasteiger partial charge >= 0.3 is 30.0 Å². The Hall–Kier alpha value is -3.12. The minimum atomic E-state index is -5.29. The molecule has 10 nitrogen and oxygen atoms in total. The predicted molar refractivity (Wildman–Crippen MR) is 89.4 cm³/mol. The highest BCUT2D eigenvalue weighted by molar-refractivity contribution is 5.88. The van der Waals surface area contributed by atoms with E-state index in [2.05, 4.69) is 10.1 Å². The van der Waals surface area contributed by atoms with Gasteiger partial charge in [-0.15, -0.1) is 0 Å². The minimum absolute atomic E-state index is 0.104. The summed E-state index contributed by atoms with van der Waals surface area (Å²) in [4.78, 5) is 55.8. The van der Waals surface area contributed by atoms with Crippen molar-refractivity contribution in [3.05, 3.63) is 12.2 Å². The summed E-state index contributed by atoms with van der Waals surface area (Å²) in [5, 5.41) is 21.2. The molecule has 0 aliphatic carbocycles. The number of carbonyl (C=O) groups excluding carboxylic acids is 3. The lowest BCUT2D eigenvalue weighted by Gasteiger charge is -2.17. The maximum atomic E-state index is 12.2. The number of ether oxygens (including phenoxy) is 1. The van der Waals surface area contributed by atoms with Crippen LogP contribution in [0.15, 0.2) is 12.2 Å². The molecule has 0 aromatic heterocycles. The van der Waals surface area contributed by atoms with Crippen LogP contribution in [0.5, 0.6) is 0 Å². The molecule has 1 unspecified atom stereocenters. The Morgan fingerprint density at radius 2 is 1.59 bits per heavy atom. The maximum absolute atomic E-state index is 12.2. The van der Waals surface area contributed by atoms with Crippen molar-refractivity contribution in [2.45, 2.75) is 50.9 Å². The van der Waals surface area contributed by atoms with E-state index >= 15 is 0 Å². The molecule has 0 heterocycles. The van der Waals surface area contributed by atoms with E-state index in [1.165, 1.54) is 17.5 Å². The van der Waals surface area contributed by atoms with E-state index in [1.807, 2.05) is 0 Å². The first-order valence-corrected chi connectivity index (χ1v) is 8.31. The first-order valence-electron chi connectivity index (χ1n) is 8.31. The molecular formula is C16H21F3N2O8. The highest BCUT2D eigenvalue weighted by Gasteiger charge is 2.40. The van der Waals surface area contributed by atoms with Crippen molar-refractivity contribution in [1.29, 1.82) is 0 Å². The van der Waals surface area contributed by atoms with Gasteiger partial charge in [-0.05, 0) is 19.8 Å². The number of aliphatic carboxylic acids is 2. The molecule has 13 heteroatoms. The lowest BCUT2D eigenvalue weighted by Crippen LogP contribution is -2.47. The van der Waals surface area contributed by atoms with Crippen LogP contribution in [0.2, 0.25) is 0 Å². The zero-order chi connectivity index (χ0) is 22.6. The number of nitrogens with one attached hydrogen (secondary N) is 2. The Labute approximate surface area is 163 Å². The number of carboxylic acid groups (broad SMARTS) is 2. The number of esters is 1. The number of carbonyl (C=O) groups is 5. The Bertz CT molecular complexity index is 649. The molecule has 29 heavy (non-hydrogen) atoms. The van der Waals surface area contributed by atoms with Crippen LogP contribution >= 0.6 is 0 Å². The van der Waals surface area contributed by atoms with Gasteiger partial charge in [0.2, 0.25) is 5.91 Å². The van der Waals surface area contributed by atoms with Crippen LogP contribution in [-0.4, -0.2) is 64.8 Å². The van der Waals surface area contributed by atoms with Crippen LogP contribution < -0.4 is 10.6 Å². The summed E-state index contributed by atoms with van der Waals surface area (Å²) in [6, 6.07) is -3.39. The summed E-state index contributed by atoms with van der Waals surface area (Å²) in [5.74, 6) is -7.14. The predicted octanol–water partition coefficient (Wildman–Crippen LogP) is 0.367. The van der Waals surface area contributed by atoms with E-state index in [0.29, 0.717) is 0 Å². The quantitative estimate of drug-likeness (QED) is 0.257. The van der Waals surface area contributed by atoms with Gasteiger partial charge in [0.15, 0.2) is 0 Å². The van der Waals surface area contributed by atoms with E-state index in [0.717, 1.165) is 0 Å². The van der Waals surface area contributed by atoms with Crippen LogP contribution in [0.3, 0.4) is 0 Å². The van der Waals surface area contributed by atoms with Gasteiger partial charge in [-0.3, -0.25) is 14.4 Å². The van der Waals surface area contributed by atoms with Crippen LogP contribution in [0.1, 0.15) is 32.6 Å². The van der Waals surface area contributed by atoms with Crippen molar-refractivity contribution in [3.8, 4) is 0 Å². The molecule has 0 rings (SSSR count). The van der Waals surface area contributed by atoms with Gasteiger partial charge in [-0.2, -0.15) is 13.2 Å². The second kappa shape index (κ2) is 12.4. The summed E-state index contributed by atoms with van der Waals surface area (Å²) in [6.45, 7) is 1.79. The fraction of sp³-hybridized carbons (Fsp3) is 0.562. The number of hydrogen-bond acceptors (Lipinski definition) is 6. The highest BCUT2D eigenvalue weighted by atomic mass is 19.4. The number of carboxylic acids is 2. The largest absolute Gasteiger partial charge is 0.480 e. The molecule has 0 bridgehead atoms. The third-order valence-electron chi connectivity index (χ3n) is 3.28. The van der Waals surface area contributed by atoms with Crippen molar-refractivity contribution in [1.82, 2.24) is 10.6 Å². The van der Waals surface area contributed by atoms with Gasteiger partial charge in [0, 0.05) is 6.42 Å². The summed E-state index contributed by atoms with van der Waals surface area (Å²) in [6.07, 6.45) is -4.27. The molecule has 0 fully saturated rings. The lowest BCUT2D eigenvalue weighted by molar-refractivity contribution is -0.175. The number of rotatable bonds is 12. The first-order chi connectivity index (χ1) is 13.4. The summed E-state index contributed by atoms with van der Waals surface area (Å²) < 4.78 is 41.2. The van der Waals surface area contributed by atoms with Crippen molar-refractivity contribution >= 4 is 29.7 Å². The molecular weight excluding hydrogens is 405 g/mol. The SMILES string of the molecule is CCOC(=O)CC=CCC(NC(=O)CC[C@@H](NC(=O)C(F)(F)F)C(=O)O)C(=O)O. The Balaban J connectivity index is 4.65. The Morgan fingerprint density at radius 3 is 2.07 bits per heavy atom. The fourth-order valence-electron chi connectivity index (χ4n) is 1.89. The van der Waals surface area contributed by atoms with Gasteiger partial charge in [-0.25, -0.2) is 9.59 Å². The third kappa shape index (κ3) is 11.3. The van der Waals surface area contributed by atoms with E-state index in [1.54, 1.807) is 6.92 Å². The minimum Gasteiger partial charge on any atom is -0.480 e. The molecule has 2 atom stereocenters. The van der Waals surface area contributed by atoms with E-state index in [-0.39, 0.29) is 19.4 Å². The summed E-state index contributed by atoms with van der Waals surface area (Å²) in [7, 11) is 0. The molecule has 164 valence electrons. The number of alkyl halides is 3. The Kier molecular flexibility index (Phi) is 11.0. The normalized spacial score (nSPS) is 13.4. The molecule has 0 aromatic carbocycles. The molecule has 0 spiro atoms. The van der Waals surface area contributed by atoms with E-state index in [4.69, 9.17) is 10.2 Å². The Morgan fingerprint density at radius 1 is 1.00 bits per heavy atom. The highest BCUT2D eigenvalue weighted by Crippen LogP contribution is 2.15. The van der Waals surface area contributed by atoms with Crippen molar-refractivity contribution in [2.24, 2.45) is 0 Å². The van der Waals surface area contributed by atoms with Crippen molar-refractivity contribution in [3.63, 3.8) is 0 Å². The molecule has 4 N–H and O–H groups in total. The lowest BCUT2D eigenvalue weighted by atomic mass is 10.1. The van der Waals surface area contributed by atoms with Crippen LogP contribution in [0.25, 0.3) is 0 Å². The first kappa shape index (κ1) is 25.9. The molecule has 0 aliphatic heterocycles. The second-order valence-corrected chi connectivity index (χ2v) is 5.58. The molecule has 2 amide bonds. The second-order valence-electron chi connectivity index (χ2n) is 5.58. The van der Waals surface area contributed by atoms with Crippen LogP contribution in [0, 0.1) is 0 Å². The van der Waals surface area contributed by atoms with Crippen LogP contribution in [-0.2, 0) is 28.7 Å². The molecule has 0 saturated heterocycles. The van der Waals surface area contributed by atoms with Crippen LogP contribution in [0.4, 0.5) is 13.2 Å².